The summed E-state index contributed by atoms with van der Waals surface area (Å²) >= 11 is 0. The summed E-state index contributed by atoms with van der Waals surface area (Å²) in [6.45, 7) is 1.53. The number of ether oxygens (including phenoxy) is 1. The molecule has 1 N–H and O–H groups in total. The molecule has 1 aliphatic rings. The van der Waals surface area contributed by atoms with E-state index < -0.39 is 9.84 Å². The van der Waals surface area contributed by atoms with Crippen molar-refractivity contribution in [1.29, 1.82) is 5.26 Å². The first-order valence-electron chi connectivity index (χ1n) is 8.61. The highest BCUT2D eigenvalue weighted by Crippen LogP contribution is 2.33. The second kappa shape index (κ2) is 7.90. The highest BCUT2D eigenvalue weighted by Gasteiger charge is 2.31. The summed E-state index contributed by atoms with van der Waals surface area (Å²) in [4.78, 5) is 0.218. The van der Waals surface area contributed by atoms with E-state index in [1.807, 2.05) is 30.3 Å². The van der Waals surface area contributed by atoms with Gasteiger partial charge in [0.1, 0.15) is 5.75 Å². The molecule has 136 valence electrons. The van der Waals surface area contributed by atoms with Gasteiger partial charge in [-0.1, -0.05) is 18.2 Å². The van der Waals surface area contributed by atoms with Crippen LogP contribution in [0.3, 0.4) is 0 Å². The van der Waals surface area contributed by atoms with Gasteiger partial charge in [0, 0.05) is 0 Å². The predicted molar refractivity (Wildman–Crippen MR) is 99.9 cm³/mol. The minimum atomic E-state index is -3.46. The number of hydrogen-bond acceptors (Lipinski definition) is 5. The number of nitrogens with zero attached hydrogens (tertiary/aromatic N) is 1. The first kappa shape index (κ1) is 18.4. The van der Waals surface area contributed by atoms with Crippen LogP contribution in [-0.2, 0) is 9.84 Å². The fourth-order valence-corrected chi connectivity index (χ4v) is 5.22. The van der Waals surface area contributed by atoms with Crippen molar-refractivity contribution in [2.45, 2.75) is 17.2 Å². The molecular weight excluding hydrogens is 348 g/mol. The summed E-state index contributed by atoms with van der Waals surface area (Å²) in [5.41, 5.74) is 1.50. The van der Waals surface area contributed by atoms with Gasteiger partial charge in [-0.2, -0.15) is 5.26 Å². The summed E-state index contributed by atoms with van der Waals surface area (Å²) in [7, 11) is -1.83. The van der Waals surface area contributed by atoms with Crippen LogP contribution in [-0.4, -0.2) is 34.4 Å². The molecule has 0 spiro atoms. The molecule has 5 nitrogen and oxygen atoms in total. The van der Waals surface area contributed by atoms with Gasteiger partial charge in [-0.15, -0.1) is 0 Å². The Morgan fingerprint density at radius 1 is 1.23 bits per heavy atom. The Bertz CT molecular complexity index is 901. The van der Waals surface area contributed by atoms with Crippen LogP contribution in [0.4, 0.5) is 0 Å². The van der Waals surface area contributed by atoms with Gasteiger partial charge in [-0.3, -0.25) is 0 Å². The maximum absolute atomic E-state index is 12.9. The molecule has 0 saturated carbocycles. The summed E-state index contributed by atoms with van der Waals surface area (Å²) in [6.07, 6.45) is 0.894. The van der Waals surface area contributed by atoms with E-state index in [1.165, 1.54) is 6.07 Å². The van der Waals surface area contributed by atoms with E-state index in [4.69, 9.17) is 10.00 Å². The van der Waals surface area contributed by atoms with Crippen LogP contribution >= 0.6 is 0 Å². The van der Waals surface area contributed by atoms with E-state index in [1.54, 1.807) is 25.3 Å². The Morgan fingerprint density at radius 3 is 2.69 bits per heavy atom. The third-order valence-corrected chi connectivity index (χ3v) is 6.75. The summed E-state index contributed by atoms with van der Waals surface area (Å²) < 4.78 is 31.0. The molecular formula is C20H22N2O3S. The Balaban J connectivity index is 1.84. The quantitative estimate of drug-likeness (QED) is 0.875. The third-order valence-electron chi connectivity index (χ3n) is 4.91. The molecule has 3 rings (SSSR count). The highest BCUT2D eigenvalue weighted by molar-refractivity contribution is 7.91. The van der Waals surface area contributed by atoms with E-state index >= 15 is 0 Å². The number of hydrogen-bond donors (Lipinski definition) is 1. The molecule has 1 heterocycles. The third kappa shape index (κ3) is 4.06. The molecule has 2 aromatic carbocycles. The number of nitrogens with one attached hydrogen (secondary N) is 1. The van der Waals surface area contributed by atoms with Crippen molar-refractivity contribution in [3.63, 3.8) is 0 Å². The second-order valence-corrected chi connectivity index (χ2v) is 8.59. The molecule has 1 aliphatic heterocycles. The van der Waals surface area contributed by atoms with Crippen LogP contribution in [0.25, 0.3) is 0 Å². The molecule has 0 radical (unpaired) electrons. The van der Waals surface area contributed by atoms with E-state index in [0.717, 1.165) is 24.3 Å². The second-order valence-electron chi connectivity index (χ2n) is 6.55. The van der Waals surface area contributed by atoms with Gasteiger partial charge in [0.05, 0.1) is 29.4 Å². The van der Waals surface area contributed by atoms with Crippen molar-refractivity contribution < 1.29 is 13.2 Å². The smallest absolute Gasteiger partial charge is 0.178 e. The lowest BCUT2D eigenvalue weighted by molar-refractivity contribution is 0.349. The Labute approximate surface area is 154 Å². The topological polar surface area (TPSA) is 79.2 Å². The molecule has 2 atom stereocenters. The van der Waals surface area contributed by atoms with Gasteiger partial charge in [0.2, 0.25) is 0 Å². The van der Waals surface area contributed by atoms with Crippen LogP contribution in [0.5, 0.6) is 5.75 Å². The van der Waals surface area contributed by atoms with Crippen molar-refractivity contribution in [1.82, 2.24) is 5.32 Å². The molecule has 26 heavy (non-hydrogen) atoms. The molecule has 1 fully saturated rings. The van der Waals surface area contributed by atoms with Gasteiger partial charge in [-0.05, 0) is 67.2 Å². The molecule has 0 amide bonds. The van der Waals surface area contributed by atoms with Crippen LogP contribution in [0, 0.1) is 17.2 Å². The molecule has 1 saturated heterocycles. The number of rotatable bonds is 5. The number of methoxy groups -OCH3 is 1. The maximum atomic E-state index is 12.9. The van der Waals surface area contributed by atoms with Crippen molar-refractivity contribution in [3.05, 3.63) is 59.7 Å². The Morgan fingerprint density at radius 2 is 2.00 bits per heavy atom. The van der Waals surface area contributed by atoms with Gasteiger partial charge in [0.25, 0.3) is 0 Å². The minimum absolute atomic E-state index is 0.0205. The zero-order valence-electron chi connectivity index (χ0n) is 14.7. The molecule has 0 unspecified atom stereocenters. The van der Waals surface area contributed by atoms with Gasteiger partial charge in [0.15, 0.2) is 9.84 Å². The molecule has 2 aromatic rings. The van der Waals surface area contributed by atoms with E-state index in [9.17, 15) is 8.42 Å². The largest absolute Gasteiger partial charge is 0.497 e. The highest BCUT2D eigenvalue weighted by atomic mass is 32.2. The zero-order chi connectivity index (χ0) is 18.6. The van der Waals surface area contributed by atoms with Crippen LogP contribution < -0.4 is 10.1 Å². The van der Waals surface area contributed by atoms with Crippen molar-refractivity contribution >= 4 is 9.84 Å². The average Bonchev–Trinajstić information content (AvgIpc) is 2.68. The molecule has 0 aliphatic carbocycles. The standard InChI is InChI=1S/C20H22N2O3S/c1-25-18-7-5-16(6-8-18)20-9-10-22-13-17(20)14-26(23,24)19-4-2-3-15(11-19)12-21/h2-8,11,17,20,22H,9-10,13-14H2,1H3/t17-,20-/m0/s1. The normalized spacial score (nSPS) is 20.3. The Hall–Kier alpha value is -2.36. The zero-order valence-corrected chi connectivity index (χ0v) is 15.5. The Kier molecular flexibility index (Phi) is 5.60. The SMILES string of the molecule is COc1ccc([C@@H]2CCNC[C@H]2CS(=O)(=O)c2cccc(C#N)c2)cc1. The maximum Gasteiger partial charge on any atom is 0.178 e. The van der Waals surface area contributed by atoms with Crippen LogP contribution in [0.2, 0.25) is 0 Å². The van der Waals surface area contributed by atoms with E-state index in [-0.39, 0.29) is 22.5 Å². The van der Waals surface area contributed by atoms with Crippen LogP contribution in [0.15, 0.2) is 53.4 Å². The lowest BCUT2D eigenvalue weighted by atomic mass is 9.82. The molecule has 0 bridgehead atoms. The molecule has 0 aromatic heterocycles. The van der Waals surface area contributed by atoms with E-state index in [0.29, 0.717) is 12.1 Å². The summed E-state index contributed by atoms with van der Waals surface area (Å²) in [5, 5.41) is 12.3. The summed E-state index contributed by atoms with van der Waals surface area (Å²) in [5.74, 6) is 1.01. The summed E-state index contributed by atoms with van der Waals surface area (Å²) in [6, 6.07) is 16.1. The lowest BCUT2D eigenvalue weighted by Gasteiger charge is -2.32. The van der Waals surface area contributed by atoms with Crippen molar-refractivity contribution in [3.8, 4) is 11.8 Å². The predicted octanol–water partition coefficient (Wildman–Crippen LogP) is 2.73. The monoisotopic (exact) mass is 370 g/mol. The minimum Gasteiger partial charge on any atom is -0.497 e. The first-order valence-corrected chi connectivity index (χ1v) is 10.3. The fraction of sp³-hybridized carbons (Fsp3) is 0.350. The van der Waals surface area contributed by atoms with Gasteiger partial charge in [-0.25, -0.2) is 8.42 Å². The lowest BCUT2D eigenvalue weighted by Crippen LogP contribution is -2.39. The number of benzene rings is 2. The number of piperidine rings is 1. The molecule has 6 heteroatoms. The number of nitriles is 1. The first-order chi connectivity index (χ1) is 12.5. The fourth-order valence-electron chi connectivity index (χ4n) is 3.53. The van der Waals surface area contributed by atoms with Crippen LogP contribution in [0.1, 0.15) is 23.5 Å². The average molecular weight is 370 g/mol. The number of sulfone groups is 1. The van der Waals surface area contributed by atoms with E-state index in [2.05, 4.69) is 5.32 Å². The van der Waals surface area contributed by atoms with Crippen molar-refractivity contribution in [2.75, 3.05) is 26.0 Å². The van der Waals surface area contributed by atoms with Crippen molar-refractivity contribution in [2.24, 2.45) is 5.92 Å². The van der Waals surface area contributed by atoms with Gasteiger partial charge < -0.3 is 10.1 Å². The van der Waals surface area contributed by atoms with Gasteiger partial charge >= 0.3 is 0 Å².